The first-order chi connectivity index (χ1) is 8.63. The van der Waals surface area contributed by atoms with E-state index < -0.39 is 0 Å². The van der Waals surface area contributed by atoms with Crippen molar-refractivity contribution in [3.8, 4) is 0 Å². The van der Waals surface area contributed by atoms with E-state index in [0.29, 0.717) is 12.6 Å². The Labute approximate surface area is 114 Å². The Morgan fingerprint density at radius 2 is 2.11 bits per heavy atom. The Kier molecular flexibility index (Phi) is 6.60. The van der Waals surface area contributed by atoms with Crippen molar-refractivity contribution in [1.82, 2.24) is 10.3 Å². The summed E-state index contributed by atoms with van der Waals surface area (Å²) in [6.07, 6.45) is 0. The monoisotopic (exact) mass is 271 g/mol. The Hall–Kier alpha value is -0.650. The highest BCUT2D eigenvalue weighted by Crippen LogP contribution is 2.28. The number of ether oxygens (including phenoxy) is 1. The van der Waals surface area contributed by atoms with Gasteiger partial charge in [-0.2, -0.15) is 0 Å². The number of hydrogen-bond donors (Lipinski definition) is 1. The van der Waals surface area contributed by atoms with Crippen LogP contribution in [0.3, 0.4) is 0 Å². The van der Waals surface area contributed by atoms with Gasteiger partial charge >= 0.3 is 0 Å². The van der Waals surface area contributed by atoms with Crippen molar-refractivity contribution in [2.75, 3.05) is 25.1 Å². The third-order valence-electron chi connectivity index (χ3n) is 2.79. The van der Waals surface area contributed by atoms with Crippen molar-refractivity contribution in [2.45, 2.75) is 46.9 Å². The molecule has 0 spiro atoms. The van der Waals surface area contributed by atoms with Gasteiger partial charge in [0.2, 0.25) is 0 Å². The highest BCUT2D eigenvalue weighted by molar-refractivity contribution is 7.15. The van der Waals surface area contributed by atoms with Crippen LogP contribution in [-0.2, 0) is 17.9 Å². The summed E-state index contributed by atoms with van der Waals surface area (Å²) in [6.45, 7) is 12.1. The molecule has 4 nitrogen and oxygen atoms in total. The van der Waals surface area contributed by atoms with Gasteiger partial charge in [0.15, 0.2) is 5.13 Å². The molecule has 0 unspecified atom stereocenters. The second kappa shape index (κ2) is 7.71. The average Bonchev–Trinajstić information content (AvgIpc) is 2.70. The first-order valence-electron chi connectivity index (χ1n) is 6.58. The van der Waals surface area contributed by atoms with E-state index in [1.807, 2.05) is 0 Å². The van der Waals surface area contributed by atoms with Gasteiger partial charge < -0.3 is 15.0 Å². The number of hydrogen-bond acceptors (Lipinski definition) is 5. The molecule has 5 heteroatoms. The second-order valence-corrected chi connectivity index (χ2v) is 5.52. The lowest BCUT2D eigenvalue weighted by Crippen LogP contribution is -2.30. The fourth-order valence-corrected chi connectivity index (χ4v) is 3.07. The van der Waals surface area contributed by atoms with Gasteiger partial charge in [-0.3, -0.25) is 0 Å². The van der Waals surface area contributed by atoms with E-state index in [1.54, 1.807) is 18.4 Å². The fraction of sp³-hybridized carbons (Fsp3) is 0.769. The SMILES string of the molecule is CCNCc1sc(N(CC)C(C)C)nc1COC. The molecule has 0 aliphatic carbocycles. The van der Waals surface area contributed by atoms with Gasteiger partial charge in [-0.25, -0.2) is 4.98 Å². The van der Waals surface area contributed by atoms with Crippen LogP contribution in [0.1, 0.15) is 38.3 Å². The summed E-state index contributed by atoms with van der Waals surface area (Å²) in [5.41, 5.74) is 1.07. The van der Waals surface area contributed by atoms with E-state index in [4.69, 9.17) is 9.72 Å². The lowest BCUT2D eigenvalue weighted by atomic mass is 10.3. The topological polar surface area (TPSA) is 37.4 Å². The minimum absolute atomic E-state index is 0.475. The van der Waals surface area contributed by atoms with E-state index in [0.717, 1.165) is 30.5 Å². The molecule has 0 amide bonds. The molecule has 0 saturated carbocycles. The minimum atomic E-state index is 0.475. The summed E-state index contributed by atoms with van der Waals surface area (Å²) in [6, 6.07) is 0.475. The molecule has 0 aromatic carbocycles. The molecular weight excluding hydrogens is 246 g/mol. The molecule has 0 atom stereocenters. The van der Waals surface area contributed by atoms with E-state index in [9.17, 15) is 0 Å². The van der Waals surface area contributed by atoms with Crippen molar-refractivity contribution in [3.05, 3.63) is 10.6 Å². The molecular formula is C13H25N3OS. The zero-order chi connectivity index (χ0) is 13.5. The first-order valence-corrected chi connectivity index (χ1v) is 7.40. The summed E-state index contributed by atoms with van der Waals surface area (Å²) >= 11 is 1.77. The van der Waals surface area contributed by atoms with Gasteiger partial charge in [-0.1, -0.05) is 6.92 Å². The molecule has 0 bridgehead atoms. The number of anilines is 1. The maximum Gasteiger partial charge on any atom is 0.186 e. The van der Waals surface area contributed by atoms with Crippen molar-refractivity contribution < 1.29 is 4.74 Å². The zero-order valence-corrected chi connectivity index (χ0v) is 12.9. The largest absolute Gasteiger partial charge is 0.378 e. The van der Waals surface area contributed by atoms with Crippen LogP contribution in [0.2, 0.25) is 0 Å². The molecule has 1 N–H and O–H groups in total. The molecule has 18 heavy (non-hydrogen) atoms. The first kappa shape index (κ1) is 15.4. The summed E-state index contributed by atoms with van der Waals surface area (Å²) in [7, 11) is 1.72. The van der Waals surface area contributed by atoms with Crippen molar-refractivity contribution in [1.29, 1.82) is 0 Å². The molecule has 0 aliphatic heterocycles. The molecule has 1 rings (SSSR count). The van der Waals surface area contributed by atoms with Crippen LogP contribution in [0, 0.1) is 0 Å². The third-order valence-corrected chi connectivity index (χ3v) is 3.93. The van der Waals surface area contributed by atoms with Crippen LogP contribution >= 0.6 is 11.3 Å². The number of methoxy groups -OCH3 is 1. The van der Waals surface area contributed by atoms with E-state index >= 15 is 0 Å². The fourth-order valence-electron chi connectivity index (χ4n) is 1.84. The summed E-state index contributed by atoms with van der Waals surface area (Å²) < 4.78 is 5.23. The molecule has 0 saturated heterocycles. The van der Waals surface area contributed by atoms with E-state index in [-0.39, 0.29) is 0 Å². The van der Waals surface area contributed by atoms with Crippen LogP contribution in [0.15, 0.2) is 0 Å². The van der Waals surface area contributed by atoms with Gasteiger partial charge in [-0.05, 0) is 27.3 Å². The number of nitrogens with one attached hydrogen (secondary N) is 1. The lowest BCUT2D eigenvalue weighted by Gasteiger charge is -2.24. The number of nitrogens with zero attached hydrogens (tertiary/aromatic N) is 2. The Morgan fingerprint density at radius 3 is 2.61 bits per heavy atom. The predicted molar refractivity (Wildman–Crippen MR) is 78.4 cm³/mol. The molecule has 0 aliphatic rings. The Bertz CT molecular complexity index is 352. The van der Waals surface area contributed by atoms with Crippen LogP contribution < -0.4 is 10.2 Å². The summed E-state index contributed by atoms with van der Waals surface area (Å²) in [4.78, 5) is 8.33. The highest BCUT2D eigenvalue weighted by Gasteiger charge is 2.16. The van der Waals surface area contributed by atoms with Crippen molar-refractivity contribution >= 4 is 16.5 Å². The number of aromatic nitrogens is 1. The second-order valence-electron chi connectivity index (χ2n) is 4.46. The maximum atomic E-state index is 5.23. The average molecular weight is 271 g/mol. The molecule has 0 fully saturated rings. The number of thiazole rings is 1. The molecule has 1 aromatic heterocycles. The van der Waals surface area contributed by atoms with Crippen LogP contribution in [0.25, 0.3) is 0 Å². The molecule has 0 radical (unpaired) electrons. The summed E-state index contributed by atoms with van der Waals surface area (Å²) in [5.74, 6) is 0. The van der Waals surface area contributed by atoms with Crippen LogP contribution in [0.5, 0.6) is 0 Å². The van der Waals surface area contributed by atoms with Gasteiger partial charge in [0.05, 0.1) is 12.3 Å². The molecule has 104 valence electrons. The maximum absolute atomic E-state index is 5.23. The quantitative estimate of drug-likeness (QED) is 0.789. The Balaban J connectivity index is 2.92. The van der Waals surface area contributed by atoms with Crippen molar-refractivity contribution in [3.63, 3.8) is 0 Å². The molecule has 1 aromatic rings. The molecule has 1 heterocycles. The lowest BCUT2D eigenvalue weighted by molar-refractivity contribution is 0.181. The van der Waals surface area contributed by atoms with Crippen LogP contribution in [-0.4, -0.2) is 31.2 Å². The Morgan fingerprint density at radius 1 is 1.39 bits per heavy atom. The van der Waals surface area contributed by atoms with Crippen LogP contribution in [0.4, 0.5) is 5.13 Å². The smallest absolute Gasteiger partial charge is 0.186 e. The van der Waals surface area contributed by atoms with Gasteiger partial charge in [0.25, 0.3) is 0 Å². The predicted octanol–water partition coefficient (Wildman–Crippen LogP) is 2.63. The standard InChI is InChI=1S/C13H25N3OS/c1-6-14-8-12-11(9-17-5)15-13(18-12)16(7-2)10(3)4/h10,14H,6-9H2,1-5H3. The number of rotatable bonds is 8. The van der Waals surface area contributed by atoms with Crippen molar-refractivity contribution in [2.24, 2.45) is 0 Å². The van der Waals surface area contributed by atoms with E-state index in [1.165, 1.54) is 4.88 Å². The normalized spacial score (nSPS) is 11.2. The van der Waals surface area contributed by atoms with Gasteiger partial charge in [0, 0.05) is 31.1 Å². The highest BCUT2D eigenvalue weighted by atomic mass is 32.1. The summed E-state index contributed by atoms with van der Waals surface area (Å²) in [5, 5.41) is 4.46. The third kappa shape index (κ3) is 3.93. The van der Waals surface area contributed by atoms with Gasteiger partial charge in [0.1, 0.15) is 0 Å². The zero-order valence-electron chi connectivity index (χ0n) is 12.1. The minimum Gasteiger partial charge on any atom is -0.378 e. The van der Waals surface area contributed by atoms with E-state index in [2.05, 4.69) is 37.9 Å². The van der Waals surface area contributed by atoms with Gasteiger partial charge in [-0.15, -0.1) is 11.3 Å².